The van der Waals surface area contributed by atoms with Gasteiger partial charge in [0.15, 0.2) is 6.29 Å². The van der Waals surface area contributed by atoms with E-state index in [0.717, 1.165) is 6.07 Å². The molecule has 98 valence electrons. The van der Waals surface area contributed by atoms with E-state index in [2.05, 4.69) is 0 Å². The minimum absolute atomic E-state index is 0.105. The molecule has 0 aliphatic rings. The molecule has 18 heavy (non-hydrogen) atoms. The fraction of sp³-hybridized carbons (Fsp3) is 0.222. The summed E-state index contributed by atoms with van der Waals surface area (Å²) in [5.74, 6) is 0.176. The maximum absolute atomic E-state index is 10.7. The van der Waals surface area contributed by atoms with Crippen LogP contribution < -0.4 is 4.52 Å². The van der Waals surface area contributed by atoms with Crippen LogP contribution in [-0.2, 0) is 20.9 Å². The molecule has 0 atom stereocenters. The zero-order valence-corrected chi connectivity index (χ0v) is 11.3. The third-order valence-corrected chi connectivity index (χ3v) is 4.43. The first-order valence-corrected chi connectivity index (χ1v) is 7.16. The molecule has 0 saturated heterocycles. The lowest BCUT2D eigenvalue weighted by molar-refractivity contribution is -0.385. The van der Waals surface area contributed by atoms with Crippen LogP contribution in [0.4, 0.5) is 5.69 Å². The van der Waals surface area contributed by atoms with Gasteiger partial charge >= 0.3 is 6.72 Å². The summed E-state index contributed by atoms with van der Waals surface area (Å²) in [6, 6.07) is 3.69. The van der Waals surface area contributed by atoms with Crippen LogP contribution in [0.2, 0.25) is 0 Å². The number of nitro benzene ring substituents is 1. The monoisotopic (exact) mass is 291 g/mol. The van der Waals surface area contributed by atoms with Crippen LogP contribution in [0.5, 0.6) is 5.75 Å². The Kier molecular flexibility index (Phi) is 4.92. The van der Waals surface area contributed by atoms with Crippen molar-refractivity contribution in [3.05, 3.63) is 33.9 Å². The molecular formula is C9H10NO6PS. The van der Waals surface area contributed by atoms with Gasteiger partial charge in [0.2, 0.25) is 0 Å². The Morgan fingerprint density at radius 3 is 2.44 bits per heavy atom. The summed E-state index contributed by atoms with van der Waals surface area (Å²) in [6.07, 6.45) is 0.369. The molecule has 0 saturated carbocycles. The van der Waals surface area contributed by atoms with Crippen molar-refractivity contribution in [2.45, 2.75) is 0 Å². The Labute approximate surface area is 108 Å². The third-order valence-electron chi connectivity index (χ3n) is 1.99. The normalized spacial score (nSPS) is 11.0. The van der Waals surface area contributed by atoms with Gasteiger partial charge in [0.05, 0.1) is 10.5 Å². The smallest absolute Gasteiger partial charge is 0.380 e. The van der Waals surface area contributed by atoms with Crippen molar-refractivity contribution in [3.63, 3.8) is 0 Å². The number of carbonyl (C=O) groups excluding carboxylic acids is 1. The lowest BCUT2D eigenvalue weighted by atomic mass is 10.2. The van der Waals surface area contributed by atoms with Gasteiger partial charge in [0.25, 0.3) is 5.69 Å². The zero-order valence-electron chi connectivity index (χ0n) is 9.56. The minimum Gasteiger partial charge on any atom is -0.424 e. The second-order valence-corrected chi connectivity index (χ2v) is 6.15. The van der Waals surface area contributed by atoms with Gasteiger partial charge in [-0.05, 0) is 12.1 Å². The summed E-state index contributed by atoms with van der Waals surface area (Å²) in [5.41, 5.74) is -0.410. The number of hydrogen-bond donors (Lipinski definition) is 0. The molecule has 0 radical (unpaired) electrons. The summed E-state index contributed by atoms with van der Waals surface area (Å²) in [5, 5.41) is 10.6. The third kappa shape index (κ3) is 3.33. The molecule has 1 rings (SSSR count). The number of hydrogen-bond acceptors (Lipinski definition) is 7. The Bertz CT molecular complexity index is 512. The fourth-order valence-corrected chi connectivity index (χ4v) is 2.06. The van der Waals surface area contributed by atoms with Gasteiger partial charge in [-0.2, -0.15) is 0 Å². The molecule has 1 aromatic carbocycles. The second kappa shape index (κ2) is 6.01. The van der Waals surface area contributed by atoms with E-state index in [0.29, 0.717) is 6.29 Å². The molecule has 0 heterocycles. The highest BCUT2D eigenvalue weighted by Crippen LogP contribution is 2.48. The Morgan fingerprint density at radius 1 is 1.39 bits per heavy atom. The summed E-state index contributed by atoms with van der Waals surface area (Å²) in [6.45, 7) is -2.92. The number of aldehydes is 1. The Morgan fingerprint density at radius 2 is 2.00 bits per heavy atom. The van der Waals surface area contributed by atoms with Crippen molar-refractivity contribution in [2.24, 2.45) is 0 Å². The highest BCUT2D eigenvalue weighted by molar-refractivity contribution is 8.07. The molecule has 0 unspecified atom stereocenters. The maximum atomic E-state index is 10.7. The highest BCUT2D eigenvalue weighted by atomic mass is 32.5. The van der Waals surface area contributed by atoms with Gasteiger partial charge in [-0.1, -0.05) is 0 Å². The standard InChI is InChI=1S/C9H10NO6PS/c1-14-17(18,15-2)16-8-3-4-9(10(12)13)7(5-8)6-11/h3-6H,1-2H3. The predicted octanol–water partition coefficient (Wildman–Crippen LogP) is 2.30. The number of nitro groups is 1. The van der Waals surface area contributed by atoms with Gasteiger partial charge in [0, 0.05) is 32.1 Å². The molecule has 0 amide bonds. The van der Waals surface area contributed by atoms with Crippen molar-refractivity contribution in [3.8, 4) is 5.75 Å². The van der Waals surface area contributed by atoms with Crippen LogP contribution in [-0.4, -0.2) is 25.4 Å². The molecule has 0 spiro atoms. The number of rotatable bonds is 6. The van der Waals surface area contributed by atoms with Gasteiger partial charge in [-0.25, -0.2) is 0 Å². The molecule has 1 aromatic rings. The van der Waals surface area contributed by atoms with Gasteiger partial charge < -0.3 is 13.6 Å². The van der Waals surface area contributed by atoms with Crippen LogP contribution in [0.3, 0.4) is 0 Å². The number of nitrogens with zero attached hydrogens (tertiary/aromatic N) is 1. The van der Waals surface area contributed by atoms with Crippen molar-refractivity contribution in [1.82, 2.24) is 0 Å². The number of benzene rings is 1. The SMILES string of the molecule is COP(=S)(OC)Oc1ccc([N+](=O)[O-])c(C=O)c1. The number of carbonyl (C=O) groups is 1. The van der Waals surface area contributed by atoms with Crippen LogP contribution in [0, 0.1) is 10.1 Å². The van der Waals surface area contributed by atoms with Crippen molar-refractivity contribution < 1.29 is 23.3 Å². The topological polar surface area (TPSA) is 87.9 Å². The van der Waals surface area contributed by atoms with Crippen molar-refractivity contribution >= 4 is 30.5 Å². The van der Waals surface area contributed by atoms with Crippen LogP contribution in [0.1, 0.15) is 10.4 Å². The quantitative estimate of drug-likeness (QED) is 0.344. The predicted molar refractivity (Wildman–Crippen MR) is 67.4 cm³/mol. The Hall–Kier alpha value is -1.34. The van der Waals surface area contributed by atoms with E-state index in [1.165, 1.54) is 26.4 Å². The van der Waals surface area contributed by atoms with Crippen LogP contribution in [0.25, 0.3) is 0 Å². The van der Waals surface area contributed by atoms with E-state index >= 15 is 0 Å². The second-order valence-electron chi connectivity index (χ2n) is 3.00. The summed E-state index contributed by atoms with van der Waals surface area (Å²) < 4.78 is 15.1. The fourth-order valence-electron chi connectivity index (χ4n) is 1.13. The molecule has 0 bridgehead atoms. The van der Waals surface area contributed by atoms with Crippen molar-refractivity contribution in [1.29, 1.82) is 0 Å². The molecular weight excluding hydrogens is 281 g/mol. The van der Waals surface area contributed by atoms with E-state index in [-0.39, 0.29) is 17.0 Å². The lowest BCUT2D eigenvalue weighted by Gasteiger charge is -2.18. The maximum Gasteiger partial charge on any atom is 0.380 e. The van der Waals surface area contributed by atoms with E-state index < -0.39 is 11.6 Å². The average Bonchev–Trinajstić information content (AvgIpc) is 2.38. The van der Waals surface area contributed by atoms with Gasteiger partial charge in [-0.15, -0.1) is 0 Å². The van der Waals surface area contributed by atoms with E-state index in [9.17, 15) is 14.9 Å². The molecule has 0 aliphatic carbocycles. The van der Waals surface area contributed by atoms with Crippen molar-refractivity contribution in [2.75, 3.05) is 14.2 Å². The van der Waals surface area contributed by atoms with Gasteiger partial charge in [0.1, 0.15) is 5.75 Å². The first-order chi connectivity index (χ1) is 8.45. The van der Waals surface area contributed by atoms with Crippen LogP contribution >= 0.6 is 6.72 Å². The van der Waals surface area contributed by atoms with E-state index in [1.807, 2.05) is 0 Å². The average molecular weight is 291 g/mol. The van der Waals surface area contributed by atoms with Crippen LogP contribution in [0.15, 0.2) is 18.2 Å². The molecule has 0 aromatic heterocycles. The molecule has 0 fully saturated rings. The highest BCUT2D eigenvalue weighted by Gasteiger charge is 2.21. The summed E-state index contributed by atoms with van der Waals surface area (Å²) >= 11 is 4.97. The Balaban J connectivity index is 3.10. The molecule has 0 N–H and O–H groups in total. The molecule has 9 heteroatoms. The minimum atomic E-state index is -2.92. The molecule has 7 nitrogen and oxygen atoms in total. The largest absolute Gasteiger partial charge is 0.424 e. The first kappa shape index (κ1) is 14.7. The first-order valence-electron chi connectivity index (χ1n) is 4.60. The summed E-state index contributed by atoms with van der Waals surface area (Å²) in [7, 11) is 2.66. The molecule has 0 aliphatic heterocycles. The summed E-state index contributed by atoms with van der Waals surface area (Å²) in [4.78, 5) is 20.7. The van der Waals surface area contributed by atoms with E-state index in [4.69, 9.17) is 25.4 Å². The van der Waals surface area contributed by atoms with Gasteiger partial charge in [-0.3, -0.25) is 14.9 Å². The zero-order chi connectivity index (χ0) is 13.8. The van der Waals surface area contributed by atoms with E-state index in [1.54, 1.807) is 0 Å². The lowest BCUT2D eigenvalue weighted by Crippen LogP contribution is -1.99.